The van der Waals surface area contributed by atoms with E-state index in [9.17, 15) is 18.0 Å². The van der Waals surface area contributed by atoms with Gasteiger partial charge in [0.2, 0.25) is 5.78 Å². The maximum absolute atomic E-state index is 12.8. The molecule has 0 saturated heterocycles. The van der Waals surface area contributed by atoms with Gasteiger partial charge in [0.05, 0.1) is 16.6 Å². The van der Waals surface area contributed by atoms with Crippen LogP contribution in [-0.2, 0) is 10.0 Å². The number of rotatable bonds is 3. The Balaban J connectivity index is 1.82. The van der Waals surface area contributed by atoms with Gasteiger partial charge in [0, 0.05) is 5.56 Å². The number of amidine groups is 1. The summed E-state index contributed by atoms with van der Waals surface area (Å²) >= 11 is 0. The molecule has 0 fully saturated rings. The van der Waals surface area contributed by atoms with Gasteiger partial charge in [-0.15, -0.1) is 0 Å². The minimum atomic E-state index is -4.06. The molecule has 1 aromatic heterocycles. The minimum absolute atomic E-state index is 0.0118. The Hall–Kier alpha value is -3.46. The van der Waals surface area contributed by atoms with E-state index in [4.69, 9.17) is 0 Å². The second-order valence-electron chi connectivity index (χ2n) is 5.52. The Kier molecular flexibility index (Phi) is 3.58. The number of nitrogens with zero attached hydrogens (tertiary/aromatic N) is 2. The third-order valence-corrected chi connectivity index (χ3v) is 5.45. The molecule has 0 aliphatic carbocycles. The zero-order valence-corrected chi connectivity index (χ0v) is 14.0. The Labute approximate surface area is 147 Å². The van der Waals surface area contributed by atoms with Gasteiger partial charge >= 0.3 is 0 Å². The average Bonchev–Trinajstić information content (AvgIpc) is 3.17. The molecule has 3 aromatic rings. The number of aromatic nitrogens is 2. The highest BCUT2D eigenvalue weighted by molar-refractivity contribution is 7.90. The fraction of sp³-hybridized carbons (Fsp3) is 0. The first kappa shape index (κ1) is 16.0. The topological polar surface area (TPSA) is 113 Å². The normalized spacial score (nSPS) is 15.1. The van der Waals surface area contributed by atoms with Crippen LogP contribution in [0.25, 0.3) is 0 Å². The van der Waals surface area contributed by atoms with Gasteiger partial charge in [0.15, 0.2) is 11.7 Å². The molecular weight excluding hydrogens is 356 g/mol. The van der Waals surface area contributed by atoms with E-state index in [0.29, 0.717) is 15.3 Å². The van der Waals surface area contributed by atoms with Crippen LogP contribution in [0.1, 0.15) is 10.4 Å². The number of fused-ring (bicyclic) bond motifs is 1. The molecule has 1 aliphatic rings. The number of benzene rings is 2. The fourth-order valence-electron chi connectivity index (χ4n) is 2.62. The van der Waals surface area contributed by atoms with Gasteiger partial charge < -0.3 is 5.32 Å². The summed E-state index contributed by atoms with van der Waals surface area (Å²) in [5.74, 6) is -0.623. The third-order valence-electron chi connectivity index (χ3n) is 3.83. The van der Waals surface area contributed by atoms with Crippen LogP contribution in [-0.4, -0.2) is 29.2 Å². The van der Waals surface area contributed by atoms with Gasteiger partial charge in [-0.05, 0) is 24.3 Å². The smallest absolute Gasteiger partial charge is 0.283 e. The largest absolute Gasteiger partial charge is 0.336 e. The summed E-state index contributed by atoms with van der Waals surface area (Å²) in [7, 11) is -4.06. The lowest BCUT2D eigenvalue weighted by Crippen LogP contribution is -2.18. The van der Waals surface area contributed by atoms with E-state index >= 15 is 0 Å². The van der Waals surface area contributed by atoms with E-state index in [0.717, 1.165) is 6.07 Å². The SMILES string of the molecule is O=C1/C(=N\c2cc(=O)[nH]n2S(=O)(=O)c2ccccc2)Nc2ccccc21. The molecule has 9 heteroatoms. The lowest BCUT2D eigenvalue weighted by molar-refractivity contribution is 0.107. The molecule has 2 N–H and O–H groups in total. The van der Waals surface area contributed by atoms with Gasteiger partial charge in [-0.1, -0.05) is 30.3 Å². The first-order chi connectivity index (χ1) is 12.5. The summed E-state index contributed by atoms with van der Waals surface area (Å²) in [4.78, 5) is 28.2. The van der Waals surface area contributed by atoms with E-state index in [1.54, 1.807) is 42.5 Å². The van der Waals surface area contributed by atoms with Crippen molar-refractivity contribution in [3.63, 3.8) is 0 Å². The van der Waals surface area contributed by atoms with E-state index in [-0.39, 0.29) is 22.3 Å². The summed E-state index contributed by atoms with van der Waals surface area (Å²) in [6, 6.07) is 15.5. The van der Waals surface area contributed by atoms with Crippen molar-refractivity contribution >= 4 is 33.1 Å². The highest BCUT2D eigenvalue weighted by Crippen LogP contribution is 2.25. The van der Waals surface area contributed by atoms with Gasteiger partial charge in [0.1, 0.15) is 0 Å². The summed E-state index contributed by atoms with van der Waals surface area (Å²) in [5.41, 5.74) is 0.361. The number of Topliss-reactive ketones (excluding diaryl/α,β-unsaturated/α-hetero) is 1. The zero-order valence-electron chi connectivity index (χ0n) is 13.2. The first-order valence-electron chi connectivity index (χ1n) is 7.59. The quantitative estimate of drug-likeness (QED) is 0.731. The second kappa shape index (κ2) is 5.81. The Morgan fingerprint density at radius 1 is 0.923 bits per heavy atom. The van der Waals surface area contributed by atoms with Crippen LogP contribution >= 0.6 is 0 Å². The molecule has 8 nitrogen and oxygen atoms in total. The zero-order chi connectivity index (χ0) is 18.3. The molecule has 130 valence electrons. The predicted octanol–water partition coefficient (Wildman–Crippen LogP) is 1.75. The number of anilines is 1. The third kappa shape index (κ3) is 2.54. The van der Waals surface area contributed by atoms with Crippen molar-refractivity contribution in [2.24, 2.45) is 4.99 Å². The van der Waals surface area contributed by atoms with Crippen molar-refractivity contribution in [3.05, 3.63) is 76.6 Å². The van der Waals surface area contributed by atoms with E-state index in [1.807, 2.05) is 0 Å². The molecule has 0 unspecified atom stereocenters. The molecule has 0 amide bonds. The molecule has 2 heterocycles. The monoisotopic (exact) mass is 368 g/mol. The van der Waals surface area contributed by atoms with Crippen molar-refractivity contribution in [2.45, 2.75) is 4.90 Å². The van der Waals surface area contributed by atoms with Crippen LogP contribution in [0, 0.1) is 0 Å². The highest BCUT2D eigenvalue weighted by Gasteiger charge is 2.27. The average molecular weight is 368 g/mol. The Bertz CT molecular complexity index is 1210. The maximum Gasteiger partial charge on any atom is 0.283 e. The fourth-order valence-corrected chi connectivity index (χ4v) is 3.88. The summed E-state index contributed by atoms with van der Waals surface area (Å²) < 4.78 is 26.2. The predicted molar refractivity (Wildman–Crippen MR) is 95.6 cm³/mol. The molecule has 2 aromatic carbocycles. The lowest BCUT2D eigenvalue weighted by Gasteiger charge is -2.07. The van der Waals surface area contributed by atoms with E-state index in [2.05, 4.69) is 15.4 Å². The molecule has 0 radical (unpaired) electrons. The molecule has 4 rings (SSSR count). The molecule has 26 heavy (non-hydrogen) atoms. The van der Waals surface area contributed by atoms with Crippen LogP contribution in [0.15, 0.2) is 75.3 Å². The number of carbonyl (C=O) groups excluding carboxylic acids is 1. The standard InChI is InChI=1S/C17H12N4O4S/c22-15-10-14(19-17-16(23)12-8-4-5-9-13(12)18-17)21(20-15)26(24,25)11-6-2-1-3-7-11/h1-10H,(H,20,22)(H,18,19,23). The van der Waals surface area contributed by atoms with Crippen molar-refractivity contribution in [1.29, 1.82) is 0 Å². The molecule has 0 saturated carbocycles. The molecular formula is C17H12N4O4S. The lowest BCUT2D eigenvalue weighted by atomic mass is 10.1. The number of aliphatic imine (C=N–C) groups is 1. The van der Waals surface area contributed by atoms with E-state index in [1.165, 1.54) is 12.1 Å². The van der Waals surface area contributed by atoms with Gasteiger partial charge in [0.25, 0.3) is 15.6 Å². The number of nitrogens with one attached hydrogen (secondary N) is 2. The number of carbonyl (C=O) groups is 1. The Morgan fingerprint density at radius 2 is 1.62 bits per heavy atom. The minimum Gasteiger partial charge on any atom is -0.336 e. The summed E-state index contributed by atoms with van der Waals surface area (Å²) in [5, 5.41) is 5.06. The number of ketones is 1. The summed E-state index contributed by atoms with van der Waals surface area (Å²) in [6.45, 7) is 0. The van der Waals surface area contributed by atoms with Crippen LogP contribution in [0.3, 0.4) is 0 Å². The number of aromatic amines is 1. The molecule has 0 bridgehead atoms. The number of H-pyrrole nitrogens is 1. The first-order valence-corrected chi connectivity index (χ1v) is 9.03. The maximum atomic E-state index is 12.8. The summed E-state index contributed by atoms with van der Waals surface area (Å²) in [6.07, 6.45) is 0. The molecule has 1 aliphatic heterocycles. The van der Waals surface area contributed by atoms with Crippen molar-refractivity contribution in [3.8, 4) is 0 Å². The van der Waals surface area contributed by atoms with Crippen molar-refractivity contribution < 1.29 is 13.2 Å². The van der Waals surface area contributed by atoms with Gasteiger partial charge in [-0.2, -0.15) is 12.5 Å². The Morgan fingerprint density at radius 3 is 2.35 bits per heavy atom. The van der Waals surface area contributed by atoms with Crippen LogP contribution in [0.2, 0.25) is 0 Å². The van der Waals surface area contributed by atoms with Gasteiger partial charge in [-0.3, -0.25) is 9.59 Å². The number of para-hydroxylation sites is 1. The highest BCUT2D eigenvalue weighted by atomic mass is 32.2. The van der Waals surface area contributed by atoms with Crippen LogP contribution in [0.5, 0.6) is 0 Å². The number of hydrogen-bond donors (Lipinski definition) is 2. The van der Waals surface area contributed by atoms with Crippen molar-refractivity contribution in [2.75, 3.05) is 5.32 Å². The number of hydrogen-bond acceptors (Lipinski definition) is 5. The van der Waals surface area contributed by atoms with Crippen LogP contribution in [0.4, 0.5) is 11.5 Å². The van der Waals surface area contributed by atoms with Gasteiger partial charge in [-0.25, -0.2) is 10.1 Å². The molecule has 0 spiro atoms. The van der Waals surface area contributed by atoms with Crippen LogP contribution < -0.4 is 10.9 Å². The van der Waals surface area contributed by atoms with E-state index < -0.39 is 15.6 Å². The molecule has 0 atom stereocenters. The van der Waals surface area contributed by atoms with Crippen molar-refractivity contribution in [1.82, 2.24) is 9.19 Å². The second-order valence-corrected chi connectivity index (χ2v) is 7.31.